The standard InChI is InChI=1S/C18H27N3O4/c1-5-12-8-6-7-9-13(12)11-20-16(23)14(10-15(19)22)21-17(24)25-18(2,3)4/h6-9,14H,5,10-11H2,1-4H3,(H2,19,22)(H,20,23)(H,21,24). The Morgan fingerprint density at radius 3 is 2.28 bits per heavy atom. The molecule has 0 saturated carbocycles. The lowest BCUT2D eigenvalue weighted by Crippen LogP contribution is -2.49. The maximum atomic E-state index is 12.4. The van der Waals surface area contributed by atoms with Crippen LogP contribution in [-0.2, 0) is 27.3 Å². The van der Waals surface area contributed by atoms with E-state index >= 15 is 0 Å². The molecule has 0 fully saturated rings. The molecule has 1 unspecified atom stereocenters. The van der Waals surface area contributed by atoms with Crippen LogP contribution in [0.3, 0.4) is 0 Å². The summed E-state index contributed by atoms with van der Waals surface area (Å²) < 4.78 is 5.12. The van der Waals surface area contributed by atoms with Crippen LogP contribution in [0.2, 0.25) is 0 Å². The zero-order valence-corrected chi connectivity index (χ0v) is 15.2. The molecule has 3 amide bonds. The SMILES string of the molecule is CCc1ccccc1CNC(=O)C(CC(N)=O)NC(=O)OC(C)(C)C. The van der Waals surface area contributed by atoms with Gasteiger partial charge in [0, 0.05) is 6.54 Å². The molecule has 0 aliphatic rings. The molecule has 138 valence electrons. The first kappa shape index (κ1) is 20.5. The predicted octanol–water partition coefficient (Wildman–Crippen LogP) is 1.63. The minimum atomic E-state index is -1.08. The number of benzene rings is 1. The van der Waals surface area contributed by atoms with Crippen LogP contribution < -0.4 is 16.4 Å². The third kappa shape index (κ3) is 7.69. The monoisotopic (exact) mass is 349 g/mol. The fourth-order valence-corrected chi connectivity index (χ4v) is 2.24. The van der Waals surface area contributed by atoms with Gasteiger partial charge in [0.25, 0.3) is 0 Å². The molecule has 0 saturated heterocycles. The smallest absolute Gasteiger partial charge is 0.408 e. The van der Waals surface area contributed by atoms with E-state index in [2.05, 4.69) is 10.6 Å². The Kier molecular flexibility index (Phi) is 7.42. The van der Waals surface area contributed by atoms with Gasteiger partial charge in [-0.2, -0.15) is 0 Å². The van der Waals surface area contributed by atoms with Crippen LogP contribution >= 0.6 is 0 Å². The largest absolute Gasteiger partial charge is 0.444 e. The minimum absolute atomic E-state index is 0.300. The lowest BCUT2D eigenvalue weighted by Gasteiger charge is -2.23. The highest BCUT2D eigenvalue weighted by Crippen LogP contribution is 2.10. The fourth-order valence-electron chi connectivity index (χ4n) is 2.24. The van der Waals surface area contributed by atoms with Gasteiger partial charge >= 0.3 is 6.09 Å². The number of aryl methyl sites for hydroxylation is 1. The van der Waals surface area contributed by atoms with Crippen LogP contribution in [0.5, 0.6) is 0 Å². The van der Waals surface area contributed by atoms with Crippen molar-refractivity contribution in [2.24, 2.45) is 5.73 Å². The Bertz CT molecular complexity index is 623. The van der Waals surface area contributed by atoms with E-state index in [0.29, 0.717) is 6.54 Å². The van der Waals surface area contributed by atoms with Gasteiger partial charge < -0.3 is 21.1 Å². The van der Waals surface area contributed by atoms with Gasteiger partial charge in [0.1, 0.15) is 11.6 Å². The third-order valence-corrected chi connectivity index (χ3v) is 3.37. The van der Waals surface area contributed by atoms with Crippen LogP contribution in [0.25, 0.3) is 0 Å². The van der Waals surface area contributed by atoms with Crippen molar-refractivity contribution in [2.45, 2.75) is 58.7 Å². The molecule has 0 heterocycles. The molecule has 0 radical (unpaired) electrons. The summed E-state index contributed by atoms with van der Waals surface area (Å²) in [5, 5.41) is 5.13. The molecule has 0 spiro atoms. The zero-order valence-electron chi connectivity index (χ0n) is 15.2. The highest BCUT2D eigenvalue weighted by atomic mass is 16.6. The molecule has 1 aromatic rings. The summed E-state index contributed by atoms with van der Waals surface area (Å²) in [6.07, 6.45) is -0.240. The Labute approximate surface area is 148 Å². The van der Waals surface area contributed by atoms with Gasteiger partial charge in [-0.3, -0.25) is 9.59 Å². The topological polar surface area (TPSA) is 111 Å². The Hall–Kier alpha value is -2.57. The molecule has 7 heteroatoms. The van der Waals surface area contributed by atoms with E-state index in [-0.39, 0.29) is 6.42 Å². The number of primary amides is 1. The van der Waals surface area contributed by atoms with E-state index in [1.165, 1.54) is 0 Å². The summed E-state index contributed by atoms with van der Waals surface area (Å²) in [7, 11) is 0. The molecule has 0 aliphatic carbocycles. The number of nitrogens with two attached hydrogens (primary N) is 1. The Morgan fingerprint density at radius 1 is 1.16 bits per heavy atom. The van der Waals surface area contributed by atoms with Crippen molar-refractivity contribution >= 4 is 17.9 Å². The maximum Gasteiger partial charge on any atom is 0.408 e. The van der Waals surface area contributed by atoms with Crippen molar-refractivity contribution in [1.82, 2.24) is 10.6 Å². The molecule has 0 aliphatic heterocycles. The van der Waals surface area contributed by atoms with Gasteiger partial charge in [-0.15, -0.1) is 0 Å². The second kappa shape index (κ2) is 9.05. The van der Waals surface area contributed by atoms with Gasteiger partial charge in [0.05, 0.1) is 6.42 Å². The molecule has 0 bridgehead atoms. The average molecular weight is 349 g/mol. The van der Waals surface area contributed by atoms with Gasteiger partial charge in [-0.05, 0) is 38.3 Å². The molecule has 7 nitrogen and oxygen atoms in total. The quantitative estimate of drug-likeness (QED) is 0.695. The van der Waals surface area contributed by atoms with Crippen molar-refractivity contribution < 1.29 is 19.1 Å². The third-order valence-electron chi connectivity index (χ3n) is 3.37. The number of hydrogen-bond donors (Lipinski definition) is 3. The maximum absolute atomic E-state index is 12.4. The first-order chi connectivity index (χ1) is 11.6. The number of hydrogen-bond acceptors (Lipinski definition) is 4. The molecule has 1 aromatic carbocycles. The summed E-state index contributed by atoms with van der Waals surface area (Å²) in [4.78, 5) is 35.4. The van der Waals surface area contributed by atoms with Crippen molar-refractivity contribution in [2.75, 3.05) is 0 Å². The van der Waals surface area contributed by atoms with Gasteiger partial charge in [0.15, 0.2) is 0 Å². The molecular weight excluding hydrogens is 322 g/mol. The number of amides is 3. The molecule has 1 atom stereocenters. The number of carbonyl (C=O) groups is 3. The van der Waals surface area contributed by atoms with Crippen LogP contribution in [0.4, 0.5) is 4.79 Å². The highest BCUT2D eigenvalue weighted by molar-refractivity contribution is 5.90. The highest BCUT2D eigenvalue weighted by Gasteiger charge is 2.25. The predicted molar refractivity (Wildman–Crippen MR) is 94.6 cm³/mol. The van der Waals surface area contributed by atoms with E-state index in [1.807, 2.05) is 31.2 Å². The van der Waals surface area contributed by atoms with Crippen molar-refractivity contribution in [3.63, 3.8) is 0 Å². The summed E-state index contributed by atoms with van der Waals surface area (Å²) in [5.41, 5.74) is 6.57. The van der Waals surface area contributed by atoms with Crippen LogP contribution in [-0.4, -0.2) is 29.6 Å². The number of rotatable bonds is 7. The normalized spacial score (nSPS) is 12.2. The van der Waals surface area contributed by atoms with Crippen molar-refractivity contribution in [3.05, 3.63) is 35.4 Å². The Morgan fingerprint density at radius 2 is 1.76 bits per heavy atom. The summed E-state index contributed by atoms with van der Waals surface area (Å²) >= 11 is 0. The average Bonchev–Trinajstić information content (AvgIpc) is 2.49. The lowest BCUT2D eigenvalue weighted by molar-refractivity contribution is -0.127. The summed E-state index contributed by atoms with van der Waals surface area (Å²) in [6, 6.07) is 6.65. The first-order valence-electron chi connectivity index (χ1n) is 8.24. The Balaban J connectivity index is 2.73. The van der Waals surface area contributed by atoms with E-state index < -0.39 is 29.6 Å². The number of carbonyl (C=O) groups excluding carboxylic acids is 3. The van der Waals surface area contributed by atoms with E-state index in [0.717, 1.165) is 17.5 Å². The summed E-state index contributed by atoms with van der Waals surface area (Å²) in [6.45, 7) is 7.45. The van der Waals surface area contributed by atoms with E-state index in [4.69, 9.17) is 10.5 Å². The van der Waals surface area contributed by atoms with Crippen molar-refractivity contribution in [1.29, 1.82) is 0 Å². The molecule has 25 heavy (non-hydrogen) atoms. The molecule has 0 aromatic heterocycles. The lowest BCUT2D eigenvalue weighted by atomic mass is 10.1. The van der Waals surface area contributed by atoms with Crippen LogP contribution in [0, 0.1) is 0 Å². The van der Waals surface area contributed by atoms with E-state index in [1.54, 1.807) is 20.8 Å². The minimum Gasteiger partial charge on any atom is -0.444 e. The first-order valence-corrected chi connectivity index (χ1v) is 8.24. The van der Waals surface area contributed by atoms with Crippen molar-refractivity contribution in [3.8, 4) is 0 Å². The van der Waals surface area contributed by atoms with Gasteiger partial charge in [0.2, 0.25) is 11.8 Å². The molecule has 1 rings (SSSR count). The van der Waals surface area contributed by atoms with E-state index in [9.17, 15) is 14.4 Å². The second-order valence-electron chi connectivity index (χ2n) is 6.71. The number of alkyl carbamates (subject to hydrolysis) is 1. The second-order valence-corrected chi connectivity index (χ2v) is 6.71. The van der Waals surface area contributed by atoms with Crippen LogP contribution in [0.15, 0.2) is 24.3 Å². The van der Waals surface area contributed by atoms with Gasteiger partial charge in [-0.1, -0.05) is 31.2 Å². The summed E-state index contributed by atoms with van der Waals surface area (Å²) in [5.74, 6) is -1.18. The van der Waals surface area contributed by atoms with Gasteiger partial charge in [-0.25, -0.2) is 4.79 Å². The van der Waals surface area contributed by atoms with Crippen LogP contribution in [0.1, 0.15) is 45.2 Å². The number of ether oxygens (including phenoxy) is 1. The molecular formula is C18H27N3O4. The number of nitrogens with one attached hydrogen (secondary N) is 2. The molecule has 4 N–H and O–H groups in total. The zero-order chi connectivity index (χ0) is 19.0. The fraction of sp³-hybridized carbons (Fsp3) is 0.500.